The number of piperidine rings is 1. The number of ether oxygens (including phenoxy) is 1. The molecule has 0 unspecified atom stereocenters. The van der Waals surface area contributed by atoms with Crippen molar-refractivity contribution >= 4 is 23.1 Å². The molecule has 0 saturated carbocycles. The zero-order chi connectivity index (χ0) is 25.8. The minimum absolute atomic E-state index is 0.224. The second-order valence-corrected chi connectivity index (χ2v) is 9.13. The Morgan fingerprint density at radius 2 is 1.66 bits per heavy atom. The van der Waals surface area contributed by atoms with Crippen LogP contribution in [0, 0.1) is 0 Å². The van der Waals surface area contributed by atoms with Crippen LogP contribution in [-0.2, 0) is 9.53 Å². The molecule has 1 amide bonds. The minimum Gasteiger partial charge on any atom is -0.475 e. The molecule has 2 N–H and O–H groups in total. The fourth-order valence-electron chi connectivity index (χ4n) is 3.61. The zero-order valence-electron chi connectivity index (χ0n) is 19.6. The molecule has 1 aromatic carbocycles. The molecule has 1 fully saturated rings. The van der Waals surface area contributed by atoms with Gasteiger partial charge < -0.3 is 19.7 Å². The number of likely N-dealkylation sites (tertiary alicyclic amines) is 1. The standard InChI is InChI=1S/C22H26N4O2.C2HF3O2/c1-22(2,3)28-21(27)26-12-8-16(9-13-26)20-24-18-5-4-17(14-19(18)25-20)15-6-10-23-11-7-15;3-2(4,5)1(6)7/h4-7,10-11,14,16H,8-9,12-13H2,1-3H3,(H,24,25);(H,6,7). The molecule has 11 heteroatoms. The number of alkyl halides is 3. The number of hydrogen-bond donors (Lipinski definition) is 2. The van der Waals surface area contributed by atoms with E-state index >= 15 is 0 Å². The average Bonchev–Trinajstić information content (AvgIpc) is 3.22. The minimum atomic E-state index is -5.08. The molecule has 0 spiro atoms. The third-order valence-corrected chi connectivity index (χ3v) is 5.29. The van der Waals surface area contributed by atoms with E-state index < -0.39 is 17.7 Å². The largest absolute Gasteiger partial charge is 0.490 e. The molecule has 8 nitrogen and oxygen atoms in total. The SMILES string of the molecule is CC(C)(C)OC(=O)N1CCC(c2nc3ccc(-c4ccncc4)cc3[nH]2)CC1.O=C(O)C(F)(F)F. The molecule has 2 aromatic heterocycles. The van der Waals surface area contributed by atoms with Gasteiger partial charge in [-0.25, -0.2) is 14.6 Å². The van der Waals surface area contributed by atoms with Gasteiger partial charge in [-0.1, -0.05) is 6.07 Å². The van der Waals surface area contributed by atoms with Crippen molar-refractivity contribution in [2.45, 2.75) is 51.3 Å². The number of carboxylic acids is 1. The van der Waals surface area contributed by atoms with Crippen molar-refractivity contribution in [1.29, 1.82) is 0 Å². The summed E-state index contributed by atoms with van der Waals surface area (Å²) in [6.45, 7) is 7.07. The number of halogens is 3. The van der Waals surface area contributed by atoms with Gasteiger partial charge in [0.25, 0.3) is 0 Å². The molecule has 0 aliphatic carbocycles. The highest BCUT2D eigenvalue weighted by Gasteiger charge is 2.38. The maximum atomic E-state index is 12.2. The third kappa shape index (κ3) is 7.17. The van der Waals surface area contributed by atoms with Crippen molar-refractivity contribution in [3.05, 3.63) is 48.5 Å². The van der Waals surface area contributed by atoms with Gasteiger partial charge in [-0.2, -0.15) is 13.2 Å². The second-order valence-electron chi connectivity index (χ2n) is 9.13. The van der Waals surface area contributed by atoms with Crippen LogP contribution < -0.4 is 0 Å². The van der Waals surface area contributed by atoms with Crippen LogP contribution in [0.5, 0.6) is 0 Å². The fourth-order valence-corrected chi connectivity index (χ4v) is 3.61. The number of aromatic amines is 1. The van der Waals surface area contributed by atoms with Crippen molar-refractivity contribution in [2.75, 3.05) is 13.1 Å². The smallest absolute Gasteiger partial charge is 0.475 e. The highest BCUT2D eigenvalue weighted by atomic mass is 19.4. The summed E-state index contributed by atoms with van der Waals surface area (Å²) < 4.78 is 37.2. The number of aliphatic carboxylic acids is 1. The van der Waals surface area contributed by atoms with E-state index in [0.29, 0.717) is 19.0 Å². The number of amides is 1. The van der Waals surface area contributed by atoms with Crippen LogP contribution >= 0.6 is 0 Å². The Kier molecular flexibility index (Phi) is 7.67. The zero-order valence-corrected chi connectivity index (χ0v) is 19.6. The van der Waals surface area contributed by atoms with Crippen LogP contribution in [0.3, 0.4) is 0 Å². The van der Waals surface area contributed by atoms with Crippen LogP contribution in [0.2, 0.25) is 0 Å². The van der Waals surface area contributed by atoms with Crippen LogP contribution in [0.15, 0.2) is 42.7 Å². The maximum Gasteiger partial charge on any atom is 0.490 e. The van der Waals surface area contributed by atoms with E-state index in [1.165, 1.54) is 0 Å². The van der Waals surface area contributed by atoms with E-state index in [0.717, 1.165) is 40.8 Å². The fraction of sp³-hybridized carbons (Fsp3) is 0.417. The monoisotopic (exact) mass is 492 g/mol. The number of hydrogen-bond acceptors (Lipinski definition) is 5. The normalized spacial score (nSPS) is 14.9. The number of carbonyl (C=O) groups excluding carboxylic acids is 1. The van der Waals surface area contributed by atoms with Gasteiger partial charge in [0.05, 0.1) is 11.0 Å². The molecule has 1 saturated heterocycles. The van der Waals surface area contributed by atoms with Crippen molar-refractivity contribution in [2.24, 2.45) is 0 Å². The van der Waals surface area contributed by atoms with E-state index in [4.69, 9.17) is 19.6 Å². The summed E-state index contributed by atoms with van der Waals surface area (Å²) in [5.74, 6) is -1.42. The average molecular weight is 492 g/mol. The molecule has 35 heavy (non-hydrogen) atoms. The number of imidazole rings is 1. The first-order valence-electron chi connectivity index (χ1n) is 11.0. The highest BCUT2D eigenvalue weighted by molar-refractivity contribution is 5.82. The van der Waals surface area contributed by atoms with Gasteiger partial charge in [0, 0.05) is 31.4 Å². The number of H-pyrrole nitrogens is 1. The summed E-state index contributed by atoms with van der Waals surface area (Å²) in [5.41, 5.74) is 3.84. The Morgan fingerprint density at radius 1 is 1.06 bits per heavy atom. The molecule has 1 aliphatic heterocycles. The maximum absolute atomic E-state index is 12.2. The van der Waals surface area contributed by atoms with Crippen LogP contribution in [-0.4, -0.2) is 61.9 Å². The summed E-state index contributed by atoms with van der Waals surface area (Å²) in [6.07, 6.45) is 0.0665. The lowest BCUT2D eigenvalue weighted by Gasteiger charge is -2.32. The number of carboxylic acid groups (broad SMARTS) is 1. The second kappa shape index (κ2) is 10.3. The summed E-state index contributed by atoms with van der Waals surface area (Å²) in [6, 6.07) is 10.3. The van der Waals surface area contributed by atoms with Gasteiger partial charge >= 0.3 is 18.2 Å². The highest BCUT2D eigenvalue weighted by Crippen LogP contribution is 2.30. The summed E-state index contributed by atoms with van der Waals surface area (Å²) >= 11 is 0. The van der Waals surface area contributed by atoms with Gasteiger partial charge in [-0.3, -0.25) is 4.98 Å². The lowest BCUT2D eigenvalue weighted by atomic mass is 9.96. The Morgan fingerprint density at radius 3 is 2.20 bits per heavy atom. The first kappa shape index (κ1) is 26.0. The van der Waals surface area contributed by atoms with Crippen LogP contribution in [0.25, 0.3) is 22.2 Å². The molecule has 188 valence electrons. The molecule has 1 aliphatic rings. The predicted molar refractivity (Wildman–Crippen MR) is 123 cm³/mol. The Hall–Kier alpha value is -3.63. The van der Waals surface area contributed by atoms with E-state index in [1.54, 1.807) is 17.3 Å². The van der Waals surface area contributed by atoms with Crippen LogP contribution in [0.4, 0.5) is 18.0 Å². The van der Waals surface area contributed by atoms with Crippen molar-refractivity contribution in [3.63, 3.8) is 0 Å². The number of benzene rings is 1. The van der Waals surface area contributed by atoms with E-state index in [-0.39, 0.29) is 6.09 Å². The van der Waals surface area contributed by atoms with E-state index in [1.807, 2.05) is 32.9 Å². The lowest BCUT2D eigenvalue weighted by molar-refractivity contribution is -0.192. The first-order chi connectivity index (χ1) is 16.3. The quantitative estimate of drug-likeness (QED) is 0.498. The number of pyridine rings is 1. The van der Waals surface area contributed by atoms with E-state index in [9.17, 15) is 18.0 Å². The molecule has 0 bridgehead atoms. The number of carbonyl (C=O) groups is 2. The first-order valence-corrected chi connectivity index (χ1v) is 11.0. The van der Waals surface area contributed by atoms with E-state index in [2.05, 4.69) is 28.2 Å². The van der Waals surface area contributed by atoms with Crippen molar-refractivity contribution in [3.8, 4) is 11.1 Å². The summed E-state index contributed by atoms with van der Waals surface area (Å²) in [7, 11) is 0. The number of aromatic nitrogens is 3. The molecule has 4 rings (SSSR count). The Bertz CT molecular complexity index is 1160. The predicted octanol–water partition coefficient (Wildman–Crippen LogP) is 5.37. The van der Waals surface area contributed by atoms with Gasteiger partial charge in [0.15, 0.2) is 0 Å². The third-order valence-electron chi connectivity index (χ3n) is 5.29. The molecule has 3 heterocycles. The van der Waals surface area contributed by atoms with Crippen molar-refractivity contribution < 1.29 is 32.6 Å². The summed E-state index contributed by atoms with van der Waals surface area (Å²) in [4.78, 5) is 35.3. The number of nitrogens with zero attached hydrogens (tertiary/aromatic N) is 3. The molecular formula is C24H27F3N4O4. The molecule has 0 atom stereocenters. The lowest BCUT2D eigenvalue weighted by Crippen LogP contribution is -2.41. The molecule has 3 aromatic rings. The Balaban J connectivity index is 0.000000429. The summed E-state index contributed by atoms with van der Waals surface area (Å²) in [5, 5.41) is 7.12. The van der Waals surface area contributed by atoms with Gasteiger partial charge in [0.1, 0.15) is 11.4 Å². The van der Waals surface area contributed by atoms with Crippen molar-refractivity contribution in [1.82, 2.24) is 19.9 Å². The molecular weight excluding hydrogens is 465 g/mol. The van der Waals surface area contributed by atoms with Crippen LogP contribution in [0.1, 0.15) is 45.4 Å². The van der Waals surface area contributed by atoms with Gasteiger partial charge in [-0.15, -0.1) is 0 Å². The number of nitrogens with one attached hydrogen (secondary N) is 1. The van der Waals surface area contributed by atoms with Gasteiger partial charge in [-0.05, 0) is 69.0 Å². The molecule has 0 radical (unpaired) electrons. The topological polar surface area (TPSA) is 108 Å². The van der Waals surface area contributed by atoms with Gasteiger partial charge in [0.2, 0.25) is 0 Å². The number of rotatable bonds is 2. The number of fused-ring (bicyclic) bond motifs is 1. The Labute approximate surface area is 200 Å².